The summed E-state index contributed by atoms with van der Waals surface area (Å²) >= 11 is 11.9. The van der Waals surface area contributed by atoms with Crippen LogP contribution in [0.1, 0.15) is 18.5 Å². The molecule has 1 aromatic heterocycles. The topological polar surface area (TPSA) is 81.8 Å². The molecule has 7 nitrogen and oxygen atoms in total. The van der Waals surface area contributed by atoms with Crippen LogP contribution in [0.2, 0.25) is 10.0 Å². The molecule has 0 aliphatic heterocycles. The highest BCUT2D eigenvalue weighted by molar-refractivity contribution is 6.42. The van der Waals surface area contributed by atoms with E-state index in [0.29, 0.717) is 21.1 Å². The first-order valence-corrected chi connectivity index (χ1v) is 9.48. The van der Waals surface area contributed by atoms with E-state index in [1.165, 1.54) is 16.4 Å². The Kier molecular flexibility index (Phi) is 6.30. The number of para-hydroxylation sites is 2. The van der Waals surface area contributed by atoms with E-state index < -0.39 is 30.3 Å². The molecule has 1 atom stereocenters. The Morgan fingerprint density at radius 2 is 1.90 bits per heavy atom. The van der Waals surface area contributed by atoms with E-state index in [-0.39, 0.29) is 6.54 Å². The maximum absolute atomic E-state index is 12.4. The van der Waals surface area contributed by atoms with Gasteiger partial charge in [0.1, 0.15) is 6.04 Å². The molecule has 0 radical (unpaired) electrons. The molecule has 2 aromatic carbocycles. The van der Waals surface area contributed by atoms with Crippen molar-refractivity contribution in [2.75, 3.05) is 13.7 Å². The molecule has 0 aliphatic rings. The molecule has 0 saturated heterocycles. The van der Waals surface area contributed by atoms with Crippen LogP contribution in [0.3, 0.4) is 0 Å². The number of fused-ring (bicyclic) bond motifs is 1. The predicted octanol–water partition coefficient (Wildman–Crippen LogP) is 3.66. The Morgan fingerprint density at radius 1 is 1.17 bits per heavy atom. The van der Waals surface area contributed by atoms with Crippen molar-refractivity contribution >= 4 is 46.2 Å². The van der Waals surface area contributed by atoms with Crippen molar-refractivity contribution in [1.82, 2.24) is 9.47 Å². The number of esters is 1. The third-order valence-electron chi connectivity index (χ3n) is 4.41. The first kappa shape index (κ1) is 21.0. The summed E-state index contributed by atoms with van der Waals surface area (Å²) in [5.41, 5.74) is 1.63. The Labute approximate surface area is 176 Å². The monoisotopic (exact) mass is 436 g/mol. The lowest BCUT2D eigenvalue weighted by atomic mass is 10.2. The number of carbonyl (C=O) groups excluding carboxylic acids is 2. The normalized spacial score (nSPS) is 12.0. The number of aromatic nitrogens is 1. The van der Waals surface area contributed by atoms with Gasteiger partial charge in [-0.1, -0.05) is 41.4 Å². The number of likely N-dealkylation sites (N-methyl/N-ethyl adjacent to an activating group) is 1. The molecule has 1 unspecified atom stereocenters. The minimum Gasteiger partial charge on any atom is -0.454 e. The number of hydrogen-bond donors (Lipinski definition) is 0. The lowest BCUT2D eigenvalue weighted by Crippen LogP contribution is -2.33. The zero-order valence-electron chi connectivity index (χ0n) is 15.7. The van der Waals surface area contributed by atoms with Gasteiger partial charge in [-0.05, 0) is 36.8 Å². The smallest absolute Gasteiger partial charge is 0.420 e. The second-order valence-corrected chi connectivity index (χ2v) is 7.30. The average Bonchev–Trinajstić information content (AvgIpc) is 3.03. The molecular formula is C20H18Cl2N2O5. The minimum absolute atomic E-state index is 0.272. The Morgan fingerprint density at radius 3 is 2.62 bits per heavy atom. The van der Waals surface area contributed by atoms with E-state index >= 15 is 0 Å². The van der Waals surface area contributed by atoms with Crippen LogP contribution in [0, 0.1) is 0 Å². The summed E-state index contributed by atoms with van der Waals surface area (Å²) in [7, 11) is 1.58. The highest BCUT2D eigenvalue weighted by Gasteiger charge is 2.23. The largest absolute Gasteiger partial charge is 0.454 e. The summed E-state index contributed by atoms with van der Waals surface area (Å²) in [6.45, 7) is 1.33. The quantitative estimate of drug-likeness (QED) is 0.550. The van der Waals surface area contributed by atoms with Gasteiger partial charge in [0.2, 0.25) is 0 Å². The molecule has 0 bridgehead atoms. The van der Waals surface area contributed by atoms with Crippen LogP contribution in [0.25, 0.3) is 11.1 Å². The number of amides is 1. The predicted molar refractivity (Wildman–Crippen MR) is 109 cm³/mol. The molecule has 29 heavy (non-hydrogen) atoms. The van der Waals surface area contributed by atoms with Gasteiger partial charge >= 0.3 is 11.7 Å². The lowest BCUT2D eigenvalue weighted by molar-refractivity contribution is -0.154. The highest BCUT2D eigenvalue weighted by atomic mass is 35.5. The van der Waals surface area contributed by atoms with Gasteiger partial charge in [-0.2, -0.15) is 0 Å². The van der Waals surface area contributed by atoms with Gasteiger partial charge in [-0.3, -0.25) is 9.36 Å². The summed E-state index contributed by atoms with van der Waals surface area (Å²) in [4.78, 5) is 38.2. The minimum atomic E-state index is -0.945. The van der Waals surface area contributed by atoms with Gasteiger partial charge in [0.05, 0.1) is 15.6 Å². The van der Waals surface area contributed by atoms with Crippen LogP contribution in [0.4, 0.5) is 0 Å². The number of benzene rings is 2. The zero-order chi connectivity index (χ0) is 21.1. The fourth-order valence-corrected chi connectivity index (χ4v) is 3.14. The maximum Gasteiger partial charge on any atom is 0.420 e. The number of nitrogens with zero attached hydrogens (tertiary/aromatic N) is 2. The molecule has 1 heterocycles. The SMILES string of the molecule is CC(C(=O)OCC(=O)N(C)Cc1ccc(Cl)c(Cl)c1)n1c(=O)oc2ccccc21. The molecule has 0 saturated carbocycles. The standard InChI is InChI=1S/C20H18Cl2N2O5/c1-12(24-16-5-3-4-6-17(16)29-20(24)27)19(26)28-11-18(25)23(2)10-13-7-8-14(21)15(22)9-13/h3-9,12H,10-11H2,1-2H3. The summed E-state index contributed by atoms with van der Waals surface area (Å²) in [6.07, 6.45) is 0. The van der Waals surface area contributed by atoms with Crippen LogP contribution in [0.5, 0.6) is 0 Å². The summed E-state index contributed by atoms with van der Waals surface area (Å²) < 4.78 is 11.4. The Balaban J connectivity index is 1.61. The van der Waals surface area contributed by atoms with Crippen molar-refractivity contribution in [2.24, 2.45) is 0 Å². The number of ether oxygens (including phenoxy) is 1. The fourth-order valence-electron chi connectivity index (χ4n) is 2.82. The molecule has 3 aromatic rings. The third kappa shape index (κ3) is 4.63. The van der Waals surface area contributed by atoms with Gasteiger partial charge in [0, 0.05) is 13.6 Å². The van der Waals surface area contributed by atoms with Crippen molar-refractivity contribution in [3.05, 3.63) is 68.6 Å². The fraction of sp³-hybridized carbons (Fsp3) is 0.250. The van der Waals surface area contributed by atoms with Crippen LogP contribution >= 0.6 is 23.2 Å². The van der Waals surface area contributed by atoms with Crippen LogP contribution in [0.15, 0.2) is 51.7 Å². The molecule has 0 spiro atoms. The molecule has 3 rings (SSSR count). The molecule has 0 aliphatic carbocycles. The number of oxazole rings is 1. The van der Waals surface area contributed by atoms with Crippen molar-refractivity contribution < 1.29 is 18.7 Å². The first-order chi connectivity index (χ1) is 13.8. The number of hydrogen-bond acceptors (Lipinski definition) is 5. The molecule has 1 amide bonds. The zero-order valence-corrected chi connectivity index (χ0v) is 17.2. The van der Waals surface area contributed by atoms with E-state index in [2.05, 4.69) is 0 Å². The first-order valence-electron chi connectivity index (χ1n) is 8.72. The number of halogens is 2. The Bertz CT molecular complexity index is 1120. The van der Waals surface area contributed by atoms with E-state index in [4.69, 9.17) is 32.4 Å². The van der Waals surface area contributed by atoms with Crippen molar-refractivity contribution in [3.63, 3.8) is 0 Å². The Hall–Kier alpha value is -2.77. The summed E-state index contributed by atoms with van der Waals surface area (Å²) in [5, 5.41) is 0.817. The van der Waals surface area contributed by atoms with Gasteiger partial charge in [-0.25, -0.2) is 9.59 Å². The van der Waals surface area contributed by atoms with E-state index in [1.807, 2.05) is 0 Å². The van der Waals surface area contributed by atoms with E-state index in [0.717, 1.165) is 5.56 Å². The van der Waals surface area contributed by atoms with Crippen molar-refractivity contribution in [2.45, 2.75) is 19.5 Å². The van der Waals surface area contributed by atoms with Gasteiger partial charge in [0.15, 0.2) is 12.2 Å². The maximum atomic E-state index is 12.4. The lowest BCUT2D eigenvalue weighted by Gasteiger charge is -2.18. The summed E-state index contributed by atoms with van der Waals surface area (Å²) in [6, 6.07) is 10.9. The van der Waals surface area contributed by atoms with Crippen LogP contribution in [-0.2, 0) is 20.9 Å². The van der Waals surface area contributed by atoms with Crippen molar-refractivity contribution in [1.29, 1.82) is 0 Å². The molecule has 0 fully saturated rings. The summed E-state index contributed by atoms with van der Waals surface area (Å²) in [5.74, 6) is -1.78. The second-order valence-electron chi connectivity index (χ2n) is 6.49. The van der Waals surface area contributed by atoms with Gasteiger partial charge in [0.25, 0.3) is 5.91 Å². The van der Waals surface area contributed by atoms with Crippen LogP contribution in [-0.4, -0.2) is 35.0 Å². The van der Waals surface area contributed by atoms with Gasteiger partial charge < -0.3 is 14.1 Å². The van der Waals surface area contributed by atoms with Crippen LogP contribution < -0.4 is 5.76 Å². The highest BCUT2D eigenvalue weighted by Crippen LogP contribution is 2.23. The van der Waals surface area contributed by atoms with Gasteiger partial charge in [-0.15, -0.1) is 0 Å². The average molecular weight is 437 g/mol. The van der Waals surface area contributed by atoms with E-state index in [1.54, 1.807) is 49.5 Å². The second kappa shape index (κ2) is 8.71. The molecule has 0 N–H and O–H groups in total. The molecular weight excluding hydrogens is 419 g/mol. The number of rotatable bonds is 6. The van der Waals surface area contributed by atoms with E-state index in [9.17, 15) is 14.4 Å². The third-order valence-corrected chi connectivity index (χ3v) is 5.15. The number of carbonyl (C=O) groups is 2. The molecule has 9 heteroatoms. The van der Waals surface area contributed by atoms with Crippen molar-refractivity contribution in [3.8, 4) is 0 Å². The molecule has 152 valence electrons.